The molecule has 6 nitrogen and oxygen atoms in total. The lowest BCUT2D eigenvalue weighted by atomic mass is 9.95. The van der Waals surface area contributed by atoms with Crippen LogP contribution in [0.15, 0.2) is 60.2 Å². The number of Topliss-reactive ketones (excluding diaryl/α,β-unsaturated/α-hetero) is 1. The van der Waals surface area contributed by atoms with E-state index < -0.39 is 17.7 Å². The van der Waals surface area contributed by atoms with Gasteiger partial charge in [0.15, 0.2) is 0 Å². The number of aliphatic hydroxyl groups excluding tert-OH is 1. The molecule has 6 heteroatoms. The van der Waals surface area contributed by atoms with Crippen LogP contribution in [0.1, 0.15) is 24.1 Å². The van der Waals surface area contributed by atoms with E-state index in [0.29, 0.717) is 17.9 Å². The van der Waals surface area contributed by atoms with Gasteiger partial charge in [-0.25, -0.2) is 0 Å². The van der Waals surface area contributed by atoms with Gasteiger partial charge in [-0.1, -0.05) is 42.5 Å². The minimum Gasteiger partial charge on any atom is -0.507 e. The van der Waals surface area contributed by atoms with Gasteiger partial charge in [-0.3, -0.25) is 9.59 Å². The number of hydrogen-bond donors (Lipinski definition) is 1. The van der Waals surface area contributed by atoms with Crippen LogP contribution in [0.4, 0.5) is 0 Å². The summed E-state index contributed by atoms with van der Waals surface area (Å²) < 4.78 is 10.6. The smallest absolute Gasteiger partial charge is 0.295 e. The highest BCUT2D eigenvalue weighted by Gasteiger charge is 2.45. The summed E-state index contributed by atoms with van der Waals surface area (Å²) in [5.74, 6) is -0.984. The van der Waals surface area contributed by atoms with Crippen LogP contribution in [0.25, 0.3) is 5.76 Å². The van der Waals surface area contributed by atoms with Crippen LogP contribution in [-0.4, -0.2) is 48.6 Å². The second kappa shape index (κ2) is 8.71. The number of aliphatic hydroxyl groups is 1. The number of nitrogens with zero attached hydrogens (tertiary/aromatic N) is 1. The van der Waals surface area contributed by atoms with E-state index in [-0.39, 0.29) is 24.5 Å². The summed E-state index contributed by atoms with van der Waals surface area (Å²) >= 11 is 0. The van der Waals surface area contributed by atoms with Gasteiger partial charge in [0.1, 0.15) is 11.5 Å². The highest BCUT2D eigenvalue weighted by atomic mass is 16.5. The van der Waals surface area contributed by atoms with Crippen molar-refractivity contribution in [3.63, 3.8) is 0 Å². The molecule has 1 amide bonds. The SMILES string of the molecule is CCOc1cccc(C(O)=C2C(=O)C(=O)N(CCOC)C2c2ccccc2)c1. The number of carbonyl (C=O) groups excluding carboxylic acids is 2. The summed E-state index contributed by atoms with van der Waals surface area (Å²) in [5, 5.41) is 11.0. The van der Waals surface area contributed by atoms with Crippen molar-refractivity contribution < 1.29 is 24.2 Å². The molecule has 2 aromatic carbocycles. The Morgan fingerprint density at radius 3 is 2.54 bits per heavy atom. The lowest BCUT2D eigenvalue weighted by Gasteiger charge is -2.25. The van der Waals surface area contributed by atoms with Crippen LogP contribution in [0, 0.1) is 0 Å². The van der Waals surface area contributed by atoms with Crippen molar-refractivity contribution in [1.29, 1.82) is 0 Å². The molecule has 1 saturated heterocycles. The fourth-order valence-corrected chi connectivity index (χ4v) is 3.34. The Morgan fingerprint density at radius 1 is 1.11 bits per heavy atom. The Bertz CT molecular complexity index is 891. The van der Waals surface area contributed by atoms with Gasteiger partial charge < -0.3 is 19.5 Å². The largest absolute Gasteiger partial charge is 0.507 e. The summed E-state index contributed by atoms with van der Waals surface area (Å²) in [6.45, 7) is 2.88. The van der Waals surface area contributed by atoms with Crippen LogP contribution < -0.4 is 4.74 Å². The maximum Gasteiger partial charge on any atom is 0.295 e. The average Bonchev–Trinajstić information content (AvgIpc) is 2.97. The zero-order valence-corrected chi connectivity index (χ0v) is 15.9. The number of hydrogen-bond acceptors (Lipinski definition) is 5. The molecule has 0 saturated carbocycles. The average molecular weight is 381 g/mol. The fraction of sp³-hybridized carbons (Fsp3) is 0.273. The summed E-state index contributed by atoms with van der Waals surface area (Å²) in [4.78, 5) is 26.9. The second-order valence-corrected chi connectivity index (χ2v) is 6.36. The molecule has 0 aromatic heterocycles. The fourth-order valence-electron chi connectivity index (χ4n) is 3.34. The maximum atomic E-state index is 12.8. The minimum atomic E-state index is -0.704. The minimum absolute atomic E-state index is 0.0703. The third-order valence-electron chi connectivity index (χ3n) is 4.61. The van der Waals surface area contributed by atoms with E-state index in [1.54, 1.807) is 24.3 Å². The van der Waals surface area contributed by atoms with Crippen molar-refractivity contribution in [2.75, 3.05) is 26.9 Å². The van der Waals surface area contributed by atoms with E-state index >= 15 is 0 Å². The molecule has 28 heavy (non-hydrogen) atoms. The number of rotatable bonds is 7. The highest BCUT2D eigenvalue weighted by Crippen LogP contribution is 2.39. The molecular formula is C22H23NO5. The summed E-state index contributed by atoms with van der Waals surface area (Å²) in [5.41, 5.74) is 1.25. The maximum absolute atomic E-state index is 12.8. The summed E-state index contributed by atoms with van der Waals surface area (Å²) in [6.07, 6.45) is 0. The quantitative estimate of drug-likeness (QED) is 0.453. The highest BCUT2D eigenvalue weighted by molar-refractivity contribution is 6.46. The lowest BCUT2D eigenvalue weighted by Crippen LogP contribution is -2.32. The first-order valence-electron chi connectivity index (χ1n) is 9.14. The first-order valence-corrected chi connectivity index (χ1v) is 9.14. The van der Waals surface area contributed by atoms with E-state index in [1.165, 1.54) is 12.0 Å². The molecule has 0 aliphatic carbocycles. The number of benzene rings is 2. The van der Waals surface area contributed by atoms with Crippen LogP contribution >= 0.6 is 0 Å². The molecule has 1 aliphatic heterocycles. The van der Waals surface area contributed by atoms with Crippen molar-refractivity contribution in [2.45, 2.75) is 13.0 Å². The van der Waals surface area contributed by atoms with E-state index in [9.17, 15) is 14.7 Å². The normalized spacial score (nSPS) is 18.5. The van der Waals surface area contributed by atoms with Crippen LogP contribution in [-0.2, 0) is 14.3 Å². The summed E-state index contributed by atoms with van der Waals surface area (Å²) in [6, 6.07) is 15.4. The molecule has 0 spiro atoms. The van der Waals surface area contributed by atoms with Gasteiger partial charge >= 0.3 is 0 Å². The Balaban J connectivity index is 2.12. The first kappa shape index (κ1) is 19.6. The third-order valence-corrected chi connectivity index (χ3v) is 4.61. The molecule has 1 aliphatic rings. The van der Waals surface area contributed by atoms with E-state index in [0.717, 1.165) is 5.56 Å². The van der Waals surface area contributed by atoms with E-state index in [4.69, 9.17) is 9.47 Å². The number of carbonyl (C=O) groups is 2. The van der Waals surface area contributed by atoms with Crippen molar-refractivity contribution in [3.05, 3.63) is 71.3 Å². The number of ketones is 1. The Hall–Kier alpha value is -3.12. The van der Waals surface area contributed by atoms with Gasteiger partial charge in [-0.2, -0.15) is 0 Å². The van der Waals surface area contributed by atoms with Gasteiger partial charge in [0.2, 0.25) is 0 Å². The summed E-state index contributed by atoms with van der Waals surface area (Å²) in [7, 11) is 1.54. The topological polar surface area (TPSA) is 76.1 Å². The first-order chi connectivity index (χ1) is 13.6. The molecule has 3 rings (SSSR count). The number of methoxy groups -OCH3 is 1. The predicted octanol–water partition coefficient (Wildman–Crippen LogP) is 3.15. The molecule has 1 heterocycles. The van der Waals surface area contributed by atoms with Gasteiger partial charge in [0.25, 0.3) is 11.7 Å². The number of ether oxygens (including phenoxy) is 2. The third kappa shape index (κ3) is 3.77. The zero-order valence-electron chi connectivity index (χ0n) is 15.9. The van der Waals surface area contributed by atoms with Gasteiger partial charge in [-0.15, -0.1) is 0 Å². The van der Waals surface area contributed by atoms with Gasteiger partial charge in [-0.05, 0) is 24.6 Å². The molecule has 1 fully saturated rings. The predicted molar refractivity (Wildman–Crippen MR) is 105 cm³/mol. The lowest BCUT2D eigenvalue weighted by molar-refractivity contribution is -0.140. The molecule has 0 bridgehead atoms. The second-order valence-electron chi connectivity index (χ2n) is 6.36. The molecule has 146 valence electrons. The molecule has 1 atom stereocenters. The van der Waals surface area contributed by atoms with Crippen LogP contribution in [0.5, 0.6) is 5.75 Å². The zero-order chi connectivity index (χ0) is 20.1. The van der Waals surface area contributed by atoms with Gasteiger partial charge in [0, 0.05) is 19.2 Å². The molecule has 1 unspecified atom stereocenters. The standard InChI is InChI=1S/C22H23NO5/c1-3-28-17-11-7-10-16(14-17)20(24)18-19(15-8-5-4-6-9-15)23(12-13-27-2)22(26)21(18)25/h4-11,14,19,24H,3,12-13H2,1-2H3. The van der Waals surface area contributed by atoms with Crippen LogP contribution in [0.3, 0.4) is 0 Å². The van der Waals surface area contributed by atoms with Crippen molar-refractivity contribution in [1.82, 2.24) is 4.90 Å². The van der Waals surface area contributed by atoms with E-state index in [2.05, 4.69) is 0 Å². The Morgan fingerprint density at radius 2 is 1.86 bits per heavy atom. The number of amides is 1. The van der Waals surface area contributed by atoms with Crippen molar-refractivity contribution in [2.24, 2.45) is 0 Å². The molecular weight excluding hydrogens is 358 g/mol. The Kier molecular flexibility index (Phi) is 6.11. The molecule has 1 N–H and O–H groups in total. The van der Waals surface area contributed by atoms with E-state index in [1.807, 2.05) is 37.3 Å². The van der Waals surface area contributed by atoms with Crippen LogP contribution in [0.2, 0.25) is 0 Å². The van der Waals surface area contributed by atoms with Crippen molar-refractivity contribution >= 4 is 17.4 Å². The van der Waals surface area contributed by atoms with Gasteiger partial charge in [0.05, 0.1) is 24.8 Å². The Labute approximate surface area is 164 Å². The monoisotopic (exact) mass is 381 g/mol. The number of likely N-dealkylation sites (tertiary alicyclic amines) is 1. The molecule has 0 radical (unpaired) electrons. The van der Waals surface area contributed by atoms with Crippen molar-refractivity contribution in [3.8, 4) is 5.75 Å². The molecule has 2 aromatic rings.